The molecule has 0 saturated heterocycles. The van der Waals surface area contributed by atoms with Gasteiger partial charge in [0.05, 0.1) is 25.3 Å². The molecule has 0 unspecified atom stereocenters. The van der Waals surface area contributed by atoms with Crippen molar-refractivity contribution in [3.63, 3.8) is 0 Å². The van der Waals surface area contributed by atoms with Crippen molar-refractivity contribution in [3.05, 3.63) is 59.2 Å². The van der Waals surface area contributed by atoms with Crippen LogP contribution < -0.4 is 15.2 Å². The highest BCUT2D eigenvalue weighted by atomic mass is 16.5. The Bertz CT molecular complexity index is 1270. The molecule has 0 aliphatic carbocycles. The molecule has 1 aromatic carbocycles. The van der Waals surface area contributed by atoms with Crippen LogP contribution in [-0.2, 0) is 16.7 Å². The Morgan fingerprint density at radius 1 is 1.12 bits per heavy atom. The summed E-state index contributed by atoms with van der Waals surface area (Å²) in [4.78, 5) is 8.66. The summed E-state index contributed by atoms with van der Waals surface area (Å²) in [7, 11) is 3.19. The van der Waals surface area contributed by atoms with Crippen molar-refractivity contribution in [2.45, 2.75) is 25.8 Å². The summed E-state index contributed by atoms with van der Waals surface area (Å²) < 4.78 is 13.2. The average molecular weight is 435 g/mol. The van der Waals surface area contributed by atoms with E-state index in [-0.39, 0.29) is 12.5 Å². The number of nitrogens with two attached hydrogens (primary N) is 1. The topological polar surface area (TPSA) is 128 Å². The maximum atomic E-state index is 13.0. The monoisotopic (exact) mass is 435 g/mol. The second kappa shape index (κ2) is 8.39. The van der Waals surface area contributed by atoms with Gasteiger partial charge in [0.15, 0.2) is 0 Å². The maximum Gasteiger partial charge on any atom is 0.221 e. The van der Waals surface area contributed by atoms with Gasteiger partial charge in [0.25, 0.3) is 0 Å². The minimum atomic E-state index is -0.434. The van der Waals surface area contributed by atoms with Crippen molar-refractivity contribution < 1.29 is 14.2 Å². The Hall–Kier alpha value is -3.79. The molecule has 10 nitrogen and oxygen atoms in total. The third-order valence-electron chi connectivity index (χ3n) is 5.25. The molecular weight excluding hydrogens is 410 g/mol. The molecule has 0 atom stereocenters. The minimum Gasteiger partial charge on any atom is -0.618 e. The molecule has 4 rings (SSSR count). The molecule has 4 aromatic rings. The van der Waals surface area contributed by atoms with Crippen molar-refractivity contribution in [2.24, 2.45) is 0 Å². The largest absolute Gasteiger partial charge is 0.618 e. The molecule has 2 N–H and O–H groups in total. The van der Waals surface area contributed by atoms with Gasteiger partial charge in [-0.05, 0) is 26.0 Å². The summed E-state index contributed by atoms with van der Waals surface area (Å²) in [5.74, 6) is 0.699. The number of benzene rings is 1. The van der Waals surface area contributed by atoms with E-state index in [1.165, 1.54) is 0 Å². The number of nitrogen functional groups attached to an aromatic ring is 1. The average Bonchev–Trinajstić information content (AvgIpc) is 3.22. The van der Waals surface area contributed by atoms with Crippen LogP contribution in [-0.4, -0.2) is 45.8 Å². The fourth-order valence-corrected chi connectivity index (χ4v) is 3.75. The molecule has 3 heterocycles. The lowest BCUT2D eigenvalue weighted by Gasteiger charge is -2.23. The molecule has 0 bridgehead atoms. The predicted molar refractivity (Wildman–Crippen MR) is 119 cm³/mol. The second-order valence-corrected chi connectivity index (χ2v) is 8.10. The zero-order valence-electron chi connectivity index (χ0n) is 18.4. The molecule has 0 fully saturated rings. The van der Waals surface area contributed by atoms with E-state index in [1.54, 1.807) is 37.2 Å². The number of nitrogens with zero attached hydrogens (tertiary/aromatic N) is 6. The van der Waals surface area contributed by atoms with Crippen molar-refractivity contribution in [2.75, 3.05) is 26.6 Å². The van der Waals surface area contributed by atoms with E-state index >= 15 is 0 Å². The molecule has 0 amide bonds. The highest BCUT2D eigenvalue weighted by Crippen LogP contribution is 2.30. The van der Waals surface area contributed by atoms with Gasteiger partial charge in [-0.1, -0.05) is 17.3 Å². The molecule has 0 aliphatic heterocycles. The summed E-state index contributed by atoms with van der Waals surface area (Å²) >= 11 is 0. The molecular formula is C22H25N7O3. The summed E-state index contributed by atoms with van der Waals surface area (Å²) in [5.41, 5.74) is 8.32. The van der Waals surface area contributed by atoms with Crippen molar-refractivity contribution >= 4 is 16.9 Å². The van der Waals surface area contributed by atoms with Crippen LogP contribution in [0.4, 0.5) is 5.95 Å². The van der Waals surface area contributed by atoms with Crippen molar-refractivity contribution in [1.29, 1.82) is 0 Å². The number of rotatable bonds is 7. The normalized spacial score (nSPS) is 11.8. The van der Waals surface area contributed by atoms with Gasteiger partial charge < -0.3 is 20.4 Å². The highest BCUT2D eigenvalue weighted by Gasteiger charge is 2.30. The Morgan fingerprint density at radius 2 is 1.91 bits per heavy atom. The first-order valence-corrected chi connectivity index (χ1v) is 10.1. The number of pyridine rings is 1. The van der Waals surface area contributed by atoms with Gasteiger partial charge >= 0.3 is 0 Å². The fraction of sp³-hybridized carbons (Fsp3) is 0.318. The van der Waals surface area contributed by atoms with Gasteiger partial charge in [-0.15, -0.1) is 5.10 Å². The number of methoxy groups -OCH3 is 2. The van der Waals surface area contributed by atoms with Gasteiger partial charge in [0, 0.05) is 24.6 Å². The van der Waals surface area contributed by atoms with Gasteiger partial charge in [0.1, 0.15) is 29.2 Å². The SMILES string of the molecule is COCC(C)(C)c1cccc(Cn2cc(-c3nc(N)nc4c(OC)cccc34)nn2)[n+]1[O-]. The summed E-state index contributed by atoms with van der Waals surface area (Å²) in [6.07, 6.45) is 1.73. The lowest BCUT2D eigenvalue weighted by molar-refractivity contribution is -0.627. The zero-order valence-corrected chi connectivity index (χ0v) is 18.4. The molecule has 0 aliphatic rings. The molecule has 32 heavy (non-hydrogen) atoms. The standard InChI is InChI=1S/C22H25N7O3/c1-22(2,13-31-3)18-10-5-7-14(29(18)30)11-28-12-16(26-27-28)19-15-8-6-9-17(32-4)20(15)25-21(23)24-19/h5-10,12H,11,13H2,1-4H3,(H2,23,24,25). The van der Waals surface area contributed by atoms with E-state index in [0.717, 1.165) is 10.1 Å². The van der Waals surface area contributed by atoms with Crippen LogP contribution in [0.1, 0.15) is 25.2 Å². The number of ether oxygens (including phenoxy) is 2. The van der Waals surface area contributed by atoms with Crippen LogP contribution in [0.25, 0.3) is 22.3 Å². The molecule has 0 saturated carbocycles. The van der Waals surface area contributed by atoms with E-state index < -0.39 is 5.41 Å². The van der Waals surface area contributed by atoms with Gasteiger partial charge in [-0.3, -0.25) is 0 Å². The van der Waals surface area contributed by atoms with E-state index in [4.69, 9.17) is 15.2 Å². The molecule has 0 spiro atoms. The Balaban J connectivity index is 1.70. The van der Waals surface area contributed by atoms with Gasteiger partial charge in [0.2, 0.25) is 17.3 Å². The lowest BCUT2D eigenvalue weighted by atomic mass is 9.89. The third-order valence-corrected chi connectivity index (χ3v) is 5.25. The van der Waals surface area contributed by atoms with E-state index in [1.807, 2.05) is 38.1 Å². The summed E-state index contributed by atoms with van der Waals surface area (Å²) in [6.45, 7) is 4.61. The lowest BCUT2D eigenvalue weighted by Crippen LogP contribution is -2.44. The Morgan fingerprint density at radius 3 is 2.66 bits per heavy atom. The summed E-state index contributed by atoms with van der Waals surface area (Å²) in [5, 5.41) is 22.2. The maximum absolute atomic E-state index is 13.0. The van der Waals surface area contributed by atoms with Crippen LogP contribution in [0.3, 0.4) is 0 Å². The molecule has 0 radical (unpaired) electrons. The smallest absolute Gasteiger partial charge is 0.221 e. The first-order valence-electron chi connectivity index (χ1n) is 10.1. The minimum absolute atomic E-state index is 0.108. The Kier molecular flexibility index (Phi) is 5.62. The molecule has 166 valence electrons. The number of fused-ring (bicyclic) bond motifs is 1. The Labute approximate surface area is 185 Å². The number of hydrogen-bond donors (Lipinski definition) is 1. The second-order valence-electron chi connectivity index (χ2n) is 8.10. The van der Waals surface area contributed by atoms with E-state index in [0.29, 0.717) is 40.6 Å². The summed E-state index contributed by atoms with van der Waals surface area (Å²) in [6, 6.07) is 11.0. The fourth-order valence-electron chi connectivity index (χ4n) is 3.75. The highest BCUT2D eigenvalue weighted by molar-refractivity contribution is 5.95. The van der Waals surface area contributed by atoms with Crippen LogP contribution in [0.5, 0.6) is 5.75 Å². The first-order chi connectivity index (χ1) is 15.3. The van der Waals surface area contributed by atoms with E-state index in [2.05, 4.69) is 20.3 Å². The number of para-hydroxylation sites is 1. The first kappa shape index (κ1) is 21.4. The molecule has 3 aromatic heterocycles. The van der Waals surface area contributed by atoms with Gasteiger partial charge in [-0.25, -0.2) is 14.6 Å². The van der Waals surface area contributed by atoms with Crippen LogP contribution in [0.15, 0.2) is 42.6 Å². The number of anilines is 1. The van der Waals surface area contributed by atoms with Crippen LogP contribution in [0, 0.1) is 5.21 Å². The predicted octanol–water partition coefficient (Wildman–Crippen LogP) is 2.08. The van der Waals surface area contributed by atoms with E-state index in [9.17, 15) is 5.21 Å². The quantitative estimate of drug-likeness (QED) is 0.345. The van der Waals surface area contributed by atoms with Crippen molar-refractivity contribution in [1.82, 2.24) is 25.0 Å². The number of aromatic nitrogens is 6. The zero-order chi connectivity index (χ0) is 22.9. The van der Waals surface area contributed by atoms with Crippen molar-refractivity contribution in [3.8, 4) is 17.1 Å². The molecule has 10 heteroatoms. The number of hydrogen-bond acceptors (Lipinski definition) is 8. The third kappa shape index (κ3) is 3.92. The van der Waals surface area contributed by atoms with Crippen LogP contribution >= 0.6 is 0 Å². The van der Waals surface area contributed by atoms with Gasteiger partial charge in [-0.2, -0.15) is 4.73 Å². The van der Waals surface area contributed by atoms with Crippen LogP contribution in [0.2, 0.25) is 0 Å².